The van der Waals surface area contributed by atoms with Crippen molar-refractivity contribution in [2.24, 2.45) is 0 Å². The molecule has 0 spiro atoms. The standard InChI is InChI=1S/C18H22N2O4S/c1-4-6-17(21)19-13-10-16(24-3)14(11-15(13)23-2)20-18(22)9-12-7-5-8-25-12/h5,7-8,10-11H,4,6,9H2,1-3H3,(H,19,21)(H,20,22). The second-order valence-corrected chi connectivity index (χ2v) is 6.39. The van der Waals surface area contributed by atoms with Gasteiger partial charge in [-0.1, -0.05) is 13.0 Å². The van der Waals surface area contributed by atoms with Crippen LogP contribution in [-0.2, 0) is 16.0 Å². The molecule has 2 amide bonds. The summed E-state index contributed by atoms with van der Waals surface area (Å²) in [6, 6.07) is 7.11. The maximum atomic E-state index is 12.2. The van der Waals surface area contributed by atoms with E-state index in [1.807, 2.05) is 24.4 Å². The number of benzene rings is 1. The Hall–Kier alpha value is -2.54. The van der Waals surface area contributed by atoms with Gasteiger partial charge in [0.2, 0.25) is 11.8 Å². The van der Waals surface area contributed by atoms with Crippen LogP contribution in [-0.4, -0.2) is 26.0 Å². The van der Waals surface area contributed by atoms with Gasteiger partial charge in [-0.05, 0) is 17.9 Å². The first-order valence-corrected chi connectivity index (χ1v) is 8.83. The third-order valence-corrected chi connectivity index (χ3v) is 4.34. The van der Waals surface area contributed by atoms with Gasteiger partial charge in [-0.2, -0.15) is 0 Å². The van der Waals surface area contributed by atoms with Crippen LogP contribution in [0.15, 0.2) is 29.6 Å². The van der Waals surface area contributed by atoms with Crippen LogP contribution in [0.4, 0.5) is 11.4 Å². The molecule has 6 nitrogen and oxygen atoms in total. The number of carbonyl (C=O) groups is 2. The number of thiophene rings is 1. The minimum absolute atomic E-state index is 0.0997. The third kappa shape index (κ3) is 5.22. The van der Waals surface area contributed by atoms with Gasteiger partial charge in [0.05, 0.1) is 32.0 Å². The van der Waals surface area contributed by atoms with E-state index in [1.165, 1.54) is 25.6 Å². The maximum absolute atomic E-state index is 12.2. The molecular weight excluding hydrogens is 340 g/mol. The van der Waals surface area contributed by atoms with E-state index < -0.39 is 0 Å². The van der Waals surface area contributed by atoms with E-state index >= 15 is 0 Å². The van der Waals surface area contributed by atoms with E-state index in [1.54, 1.807) is 12.1 Å². The quantitative estimate of drug-likeness (QED) is 0.751. The van der Waals surface area contributed by atoms with Gasteiger partial charge >= 0.3 is 0 Å². The van der Waals surface area contributed by atoms with Crippen molar-refractivity contribution >= 4 is 34.5 Å². The topological polar surface area (TPSA) is 76.7 Å². The lowest BCUT2D eigenvalue weighted by Gasteiger charge is -2.16. The van der Waals surface area contributed by atoms with E-state index in [2.05, 4.69) is 10.6 Å². The molecule has 0 atom stereocenters. The molecule has 0 saturated heterocycles. The Labute approximate surface area is 151 Å². The summed E-state index contributed by atoms with van der Waals surface area (Å²) >= 11 is 1.53. The minimum atomic E-state index is -0.148. The smallest absolute Gasteiger partial charge is 0.229 e. The first-order valence-electron chi connectivity index (χ1n) is 7.95. The summed E-state index contributed by atoms with van der Waals surface area (Å²) in [6.07, 6.45) is 1.46. The summed E-state index contributed by atoms with van der Waals surface area (Å²) in [7, 11) is 3.02. The van der Waals surface area contributed by atoms with Crippen molar-refractivity contribution in [1.29, 1.82) is 0 Å². The predicted octanol–water partition coefficient (Wildman–Crippen LogP) is 3.69. The summed E-state index contributed by atoms with van der Waals surface area (Å²) in [5, 5.41) is 7.56. The van der Waals surface area contributed by atoms with Crippen molar-refractivity contribution < 1.29 is 19.1 Å². The predicted molar refractivity (Wildman–Crippen MR) is 99.7 cm³/mol. The van der Waals surface area contributed by atoms with E-state index in [0.29, 0.717) is 29.3 Å². The molecule has 0 bridgehead atoms. The SMILES string of the molecule is CCCC(=O)Nc1cc(OC)c(NC(=O)Cc2cccs2)cc1OC. The lowest BCUT2D eigenvalue weighted by atomic mass is 10.2. The Bertz CT molecular complexity index is 729. The summed E-state index contributed by atoms with van der Waals surface area (Å²) in [4.78, 5) is 25.0. The fourth-order valence-electron chi connectivity index (χ4n) is 2.30. The fourth-order valence-corrected chi connectivity index (χ4v) is 3.00. The van der Waals surface area contributed by atoms with Crippen molar-refractivity contribution in [1.82, 2.24) is 0 Å². The zero-order chi connectivity index (χ0) is 18.2. The Morgan fingerprint density at radius 3 is 2.12 bits per heavy atom. The van der Waals surface area contributed by atoms with Crippen molar-refractivity contribution in [2.45, 2.75) is 26.2 Å². The molecule has 0 unspecified atom stereocenters. The zero-order valence-electron chi connectivity index (χ0n) is 14.5. The summed E-state index contributed by atoms with van der Waals surface area (Å²) < 4.78 is 10.7. The van der Waals surface area contributed by atoms with Crippen LogP contribution in [0.1, 0.15) is 24.6 Å². The molecule has 0 aliphatic heterocycles. The summed E-state index contributed by atoms with van der Waals surface area (Å²) in [6.45, 7) is 1.93. The highest BCUT2D eigenvalue weighted by Crippen LogP contribution is 2.36. The molecule has 134 valence electrons. The molecule has 1 aromatic heterocycles. The van der Waals surface area contributed by atoms with E-state index in [4.69, 9.17) is 9.47 Å². The minimum Gasteiger partial charge on any atom is -0.494 e. The molecule has 0 aliphatic rings. The molecule has 7 heteroatoms. The van der Waals surface area contributed by atoms with Crippen LogP contribution in [0.25, 0.3) is 0 Å². The van der Waals surface area contributed by atoms with Gasteiger partial charge in [-0.3, -0.25) is 9.59 Å². The molecule has 0 fully saturated rings. The monoisotopic (exact) mass is 362 g/mol. The van der Waals surface area contributed by atoms with Crippen molar-refractivity contribution in [3.05, 3.63) is 34.5 Å². The van der Waals surface area contributed by atoms with Crippen molar-refractivity contribution in [3.63, 3.8) is 0 Å². The first-order chi connectivity index (χ1) is 12.1. The highest BCUT2D eigenvalue weighted by atomic mass is 32.1. The molecule has 0 aliphatic carbocycles. The van der Waals surface area contributed by atoms with Crippen LogP contribution in [0.2, 0.25) is 0 Å². The first kappa shape index (κ1) is 18.8. The van der Waals surface area contributed by atoms with Gasteiger partial charge in [0.15, 0.2) is 0 Å². The zero-order valence-corrected chi connectivity index (χ0v) is 15.4. The van der Waals surface area contributed by atoms with Crippen LogP contribution >= 0.6 is 11.3 Å². The van der Waals surface area contributed by atoms with E-state index in [9.17, 15) is 9.59 Å². The Morgan fingerprint density at radius 2 is 1.64 bits per heavy atom. The van der Waals surface area contributed by atoms with Crippen LogP contribution < -0.4 is 20.1 Å². The van der Waals surface area contributed by atoms with Gasteiger partial charge in [0.1, 0.15) is 11.5 Å². The lowest BCUT2D eigenvalue weighted by molar-refractivity contribution is -0.116. The Morgan fingerprint density at radius 1 is 1.04 bits per heavy atom. The number of rotatable bonds is 8. The maximum Gasteiger partial charge on any atom is 0.229 e. The molecule has 2 N–H and O–H groups in total. The number of carbonyl (C=O) groups excluding carboxylic acids is 2. The average molecular weight is 362 g/mol. The van der Waals surface area contributed by atoms with Crippen LogP contribution in [0.5, 0.6) is 11.5 Å². The fraction of sp³-hybridized carbons (Fsp3) is 0.333. The highest BCUT2D eigenvalue weighted by Gasteiger charge is 2.15. The summed E-state index contributed by atoms with van der Waals surface area (Å²) in [5.74, 6) is 0.659. The van der Waals surface area contributed by atoms with E-state index in [0.717, 1.165) is 11.3 Å². The lowest BCUT2D eigenvalue weighted by Crippen LogP contribution is -2.15. The number of anilines is 2. The Kier molecular flexibility index (Phi) is 6.82. The molecule has 0 radical (unpaired) electrons. The normalized spacial score (nSPS) is 10.2. The van der Waals surface area contributed by atoms with Crippen molar-refractivity contribution in [3.8, 4) is 11.5 Å². The number of nitrogens with one attached hydrogen (secondary N) is 2. The highest BCUT2D eigenvalue weighted by molar-refractivity contribution is 7.10. The van der Waals surface area contributed by atoms with Gasteiger partial charge in [0.25, 0.3) is 0 Å². The second-order valence-electron chi connectivity index (χ2n) is 5.36. The number of hydrogen-bond acceptors (Lipinski definition) is 5. The van der Waals surface area contributed by atoms with Crippen LogP contribution in [0.3, 0.4) is 0 Å². The summed E-state index contributed by atoms with van der Waals surface area (Å²) in [5.41, 5.74) is 1.00. The van der Waals surface area contributed by atoms with Crippen LogP contribution in [0, 0.1) is 0 Å². The number of methoxy groups -OCH3 is 2. The second kappa shape index (κ2) is 9.08. The van der Waals surface area contributed by atoms with Gasteiger partial charge in [0, 0.05) is 23.4 Å². The molecular formula is C18H22N2O4S. The largest absolute Gasteiger partial charge is 0.494 e. The third-order valence-electron chi connectivity index (χ3n) is 3.46. The molecule has 2 rings (SSSR count). The Balaban J connectivity index is 2.19. The molecule has 1 aromatic carbocycles. The number of ether oxygens (including phenoxy) is 2. The molecule has 0 saturated carbocycles. The number of amides is 2. The molecule has 25 heavy (non-hydrogen) atoms. The van der Waals surface area contributed by atoms with Gasteiger partial charge in [-0.25, -0.2) is 0 Å². The number of hydrogen-bond donors (Lipinski definition) is 2. The van der Waals surface area contributed by atoms with Gasteiger partial charge < -0.3 is 20.1 Å². The average Bonchev–Trinajstić information content (AvgIpc) is 3.08. The van der Waals surface area contributed by atoms with E-state index in [-0.39, 0.29) is 18.2 Å². The molecule has 2 aromatic rings. The molecule has 1 heterocycles. The van der Waals surface area contributed by atoms with Crippen molar-refractivity contribution in [2.75, 3.05) is 24.9 Å². The van der Waals surface area contributed by atoms with Gasteiger partial charge in [-0.15, -0.1) is 11.3 Å².